The van der Waals surface area contributed by atoms with E-state index >= 15 is 0 Å². The number of hydrogen-bond acceptors (Lipinski definition) is 4. The molecule has 1 amide bonds. The van der Waals surface area contributed by atoms with Gasteiger partial charge in [0.1, 0.15) is 22.7 Å². The number of halogens is 2. The average molecular weight is 291 g/mol. The third-order valence-corrected chi connectivity index (χ3v) is 3.25. The zero-order valence-corrected chi connectivity index (χ0v) is 10.7. The van der Waals surface area contributed by atoms with Gasteiger partial charge in [-0.1, -0.05) is 6.07 Å². The lowest BCUT2D eigenvalue weighted by Crippen LogP contribution is -2.14. The topological polar surface area (TPSA) is 54.9 Å². The van der Waals surface area contributed by atoms with Gasteiger partial charge in [-0.25, -0.2) is 8.78 Å². The fourth-order valence-electron chi connectivity index (χ4n) is 1.77. The van der Waals surface area contributed by atoms with Crippen LogP contribution in [-0.4, -0.2) is 14.7 Å². The molecule has 7 heteroatoms. The van der Waals surface area contributed by atoms with Gasteiger partial charge in [0.2, 0.25) is 0 Å². The summed E-state index contributed by atoms with van der Waals surface area (Å²) in [7, 11) is 0. The van der Waals surface area contributed by atoms with Crippen LogP contribution in [0.3, 0.4) is 0 Å². The molecule has 0 radical (unpaired) electrons. The van der Waals surface area contributed by atoms with E-state index in [0.29, 0.717) is 22.8 Å². The molecule has 0 fully saturated rings. The van der Waals surface area contributed by atoms with E-state index in [0.717, 1.165) is 23.9 Å². The maximum Gasteiger partial charge on any atom is 0.258 e. The molecule has 2 aromatic carbocycles. The second-order valence-electron chi connectivity index (χ2n) is 4.02. The summed E-state index contributed by atoms with van der Waals surface area (Å²) in [5, 5.41) is 2.55. The second kappa shape index (κ2) is 4.93. The van der Waals surface area contributed by atoms with Gasteiger partial charge in [0.25, 0.3) is 5.91 Å². The molecule has 0 atom stereocenters. The van der Waals surface area contributed by atoms with Gasteiger partial charge in [-0.15, -0.1) is 0 Å². The average Bonchev–Trinajstić information content (AvgIpc) is 2.87. The number of fused-ring (bicyclic) bond motifs is 1. The number of hydrogen-bond donors (Lipinski definition) is 1. The maximum atomic E-state index is 13.5. The Morgan fingerprint density at radius 3 is 2.80 bits per heavy atom. The van der Waals surface area contributed by atoms with Crippen molar-refractivity contribution >= 4 is 34.4 Å². The minimum atomic E-state index is -0.911. The van der Waals surface area contributed by atoms with Crippen LogP contribution in [0.5, 0.6) is 0 Å². The summed E-state index contributed by atoms with van der Waals surface area (Å²) < 4.78 is 34.5. The number of anilines is 1. The van der Waals surface area contributed by atoms with Crippen molar-refractivity contribution in [2.75, 3.05) is 5.32 Å². The van der Waals surface area contributed by atoms with E-state index in [1.807, 2.05) is 0 Å². The summed E-state index contributed by atoms with van der Waals surface area (Å²) in [4.78, 5) is 12.0. The zero-order chi connectivity index (χ0) is 14.1. The van der Waals surface area contributed by atoms with Gasteiger partial charge in [-0.2, -0.15) is 8.75 Å². The lowest BCUT2D eigenvalue weighted by atomic mass is 10.2. The first-order valence-electron chi connectivity index (χ1n) is 5.63. The highest BCUT2D eigenvalue weighted by Crippen LogP contribution is 2.22. The fourth-order valence-corrected chi connectivity index (χ4v) is 2.32. The highest BCUT2D eigenvalue weighted by atomic mass is 32.1. The molecule has 0 spiro atoms. The van der Waals surface area contributed by atoms with Gasteiger partial charge < -0.3 is 5.32 Å². The molecule has 0 aliphatic rings. The molecule has 3 rings (SSSR count). The standard InChI is InChI=1S/C13H7F2N3OS/c14-7-4-5-8(9(15)6-7)13(19)16-10-2-1-3-11-12(10)18-20-17-11/h1-6H,(H,16,19). The van der Waals surface area contributed by atoms with E-state index in [1.54, 1.807) is 18.2 Å². The molecule has 4 nitrogen and oxygen atoms in total. The Hall–Kier alpha value is -2.41. The minimum absolute atomic E-state index is 0.230. The van der Waals surface area contributed by atoms with Crippen molar-refractivity contribution in [1.29, 1.82) is 0 Å². The Morgan fingerprint density at radius 1 is 1.15 bits per heavy atom. The first kappa shape index (κ1) is 12.6. The van der Waals surface area contributed by atoms with E-state index in [-0.39, 0.29) is 5.56 Å². The van der Waals surface area contributed by atoms with E-state index < -0.39 is 17.5 Å². The molecule has 1 aromatic heterocycles. The Bertz CT molecular complexity index is 803. The van der Waals surface area contributed by atoms with Crippen LogP contribution in [0.2, 0.25) is 0 Å². The SMILES string of the molecule is O=C(Nc1cccc2nsnc12)c1ccc(F)cc1F. The second-order valence-corrected chi connectivity index (χ2v) is 4.54. The van der Waals surface area contributed by atoms with Crippen LogP contribution in [0.25, 0.3) is 11.0 Å². The van der Waals surface area contributed by atoms with Gasteiger partial charge in [-0.05, 0) is 24.3 Å². The van der Waals surface area contributed by atoms with Gasteiger partial charge in [-0.3, -0.25) is 4.79 Å². The lowest BCUT2D eigenvalue weighted by Gasteiger charge is -2.06. The van der Waals surface area contributed by atoms with Crippen LogP contribution in [0, 0.1) is 11.6 Å². The third-order valence-electron chi connectivity index (χ3n) is 2.71. The molecular formula is C13H7F2N3OS. The monoisotopic (exact) mass is 291 g/mol. The molecule has 1 heterocycles. The van der Waals surface area contributed by atoms with Gasteiger partial charge >= 0.3 is 0 Å². The number of benzene rings is 2. The molecule has 100 valence electrons. The van der Waals surface area contributed by atoms with Crippen molar-refractivity contribution in [3.63, 3.8) is 0 Å². The summed E-state index contributed by atoms with van der Waals surface area (Å²) in [6.45, 7) is 0. The van der Waals surface area contributed by atoms with Gasteiger partial charge in [0.15, 0.2) is 0 Å². The van der Waals surface area contributed by atoms with Crippen LogP contribution in [0.4, 0.5) is 14.5 Å². The van der Waals surface area contributed by atoms with Crippen molar-refractivity contribution in [2.24, 2.45) is 0 Å². The van der Waals surface area contributed by atoms with E-state index in [2.05, 4.69) is 14.1 Å². The van der Waals surface area contributed by atoms with Crippen molar-refractivity contribution < 1.29 is 13.6 Å². The molecule has 0 aliphatic heterocycles. The Kier molecular flexibility index (Phi) is 3.11. The molecule has 20 heavy (non-hydrogen) atoms. The first-order chi connectivity index (χ1) is 9.65. The minimum Gasteiger partial charge on any atom is -0.320 e. The molecule has 0 bridgehead atoms. The number of aromatic nitrogens is 2. The number of carbonyl (C=O) groups is 1. The lowest BCUT2D eigenvalue weighted by molar-refractivity contribution is 0.102. The van der Waals surface area contributed by atoms with Crippen LogP contribution in [0.1, 0.15) is 10.4 Å². The van der Waals surface area contributed by atoms with Crippen molar-refractivity contribution in [3.8, 4) is 0 Å². The Labute approximate surface area is 116 Å². The van der Waals surface area contributed by atoms with E-state index in [4.69, 9.17) is 0 Å². The molecular weight excluding hydrogens is 284 g/mol. The van der Waals surface area contributed by atoms with Gasteiger partial charge in [0, 0.05) is 6.07 Å². The maximum absolute atomic E-state index is 13.5. The van der Waals surface area contributed by atoms with Crippen molar-refractivity contribution in [1.82, 2.24) is 8.75 Å². The highest BCUT2D eigenvalue weighted by Gasteiger charge is 2.14. The first-order valence-corrected chi connectivity index (χ1v) is 6.36. The van der Waals surface area contributed by atoms with Crippen molar-refractivity contribution in [3.05, 3.63) is 53.6 Å². The van der Waals surface area contributed by atoms with E-state index in [1.165, 1.54) is 0 Å². The largest absolute Gasteiger partial charge is 0.320 e. The molecule has 0 saturated carbocycles. The number of nitrogens with one attached hydrogen (secondary N) is 1. The number of nitrogens with zero attached hydrogens (tertiary/aromatic N) is 2. The zero-order valence-electron chi connectivity index (χ0n) is 9.93. The summed E-state index contributed by atoms with van der Waals surface area (Å²) in [5.74, 6) is -2.31. The smallest absolute Gasteiger partial charge is 0.258 e. The summed E-state index contributed by atoms with van der Waals surface area (Å²) >= 11 is 1.02. The molecule has 3 aromatic rings. The number of rotatable bonds is 2. The normalized spacial score (nSPS) is 10.7. The van der Waals surface area contributed by atoms with Gasteiger partial charge in [0.05, 0.1) is 23.0 Å². The Morgan fingerprint density at radius 2 is 2.00 bits per heavy atom. The predicted octanol–water partition coefficient (Wildman–Crippen LogP) is 3.22. The van der Waals surface area contributed by atoms with Crippen LogP contribution >= 0.6 is 11.7 Å². The fraction of sp³-hybridized carbons (Fsp3) is 0. The molecule has 0 saturated heterocycles. The van der Waals surface area contributed by atoms with Crippen LogP contribution in [0.15, 0.2) is 36.4 Å². The predicted molar refractivity (Wildman–Crippen MR) is 71.7 cm³/mol. The quantitative estimate of drug-likeness (QED) is 0.788. The van der Waals surface area contributed by atoms with Crippen LogP contribution < -0.4 is 5.32 Å². The van der Waals surface area contributed by atoms with E-state index in [9.17, 15) is 13.6 Å². The Balaban J connectivity index is 1.94. The molecule has 1 N–H and O–H groups in total. The van der Waals surface area contributed by atoms with Crippen LogP contribution in [-0.2, 0) is 0 Å². The summed E-state index contributed by atoms with van der Waals surface area (Å²) in [6, 6.07) is 7.90. The summed E-state index contributed by atoms with van der Waals surface area (Å²) in [6.07, 6.45) is 0. The summed E-state index contributed by atoms with van der Waals surface area (Å²) in [5.41, 5.74) is 1.39. The highest BCUT2D eigenvalue weighted by molar-refractivity contribution is 7.00. The number of amides is 1. The molecule has 0 unspecified atom stereocenters. The number of carbonyl (C=O) groups excluding carboxylic acids is 1. The molecule has 0 aliphatic carbocycles. The van der Waals surface area contributed by atoms with Crippen molar-refractivity contribution in [2.45, 2.75) is 0 Å². The third kappa shape index (κ3) is 2.23.